The van der Waals surface area contributed by atoms with Crippen LogP contribution in [0.15, 0.2) is 53.3 Å². The number of rotatable bonds is 5. The number of benzene rings is 2. The minimum absolute atomic E-state index is 0. The van der Waals surface area contributed by atoms with Crippen molar-refractivity contribution >= 4 is 23.2 Å². The molecule has 6 heteroatoms. The lowest BCUT2D eigenvalue weighted by Gasteiger charge is -2.32. The van der Waals surface area contributed by atoms with Gasteiger partial charge in [-0.2, -0.15) is 5.10 Å². The molecule has 2 aliphatic rings. The van der Waals surface area contributed by atoms with Crippen molar-refractivity contribution in [2.24, 2.45) is 5.92 Å². The molecule has 0 amide bonds. The summed E-state index contributed by atoms with van der Waals surface area (Å²) in [7, 11) is 0. The monoisotopic (exact) mass is 427 g/mol. The highest BCUT2D eigenvalue weighted by Crippen LogP contribution is 2.31. The fourth-order valence-electron chi connectivity index (χ4n) is 4.46. The third kappa shape index (κ3) is 4.42. The lowest BCUT2D eigenvalue weighted by molar-refractivity contribution is 0.171. The fourth-order valence-corrected chi connectivity index (χ4v) is 4.46. The van der Waals surface area contributed by atoms with E-state index in [9.17, 15) is 9.18 Å². The van der Waals surface area contributed by atoms with Crippen LogP contribution < -0.4 is 5.56 Å². The molecule has 2 fully saturated rings. The minimum Gasteiger partial charge on any atom is -0.303 e. The average molecular weight is 428 g/mol. The molecule has 4 nitrogen and oxygen atoms in total. The molecular formula is C24H27ClFN3O. The molecule has 1 aliphatic heterocycles. The zero-order chi connectivity index (χ0) is 19.8. The van der Waals surface area contributed by atoms with Crippen LogP contribution in [0.3, 0.4) is 0 Å². The van der Waals surface area contributed by atoms with Gasteiger partial charge in [-0.05, 0) is 55.4 Å². The Morgan fingerprint density at radius 2 is 1.60 bits per heavy atom. The Bertz CT molecular complexity index is 1070. The third-order valence-corrected chi connectivity index (χ3v) is 6.31. The molecule has 158 valence electrons. The van der Waals surface area contributed by atoms with Gasteiger partial charge in [0.1, 0.15) is 5.82 Å². The van der Waals surface area contributed by atoms with Gasteiger partial charge in [0.2, 0.25) is 0 Å². The summed E-state index contributed by atoms with van der Waals surface area (Å²) in [4.78, 5) is 15.7. The molecule has 0 bridgehead atoms. The molecule has 3 aromatic rings. The van der Waals surface area contributed by atoms with Gasteiger partial charge in [0, 0.05) is 31.4 Å². The van der Waals surface area contributed by atoms with Crippen molar-refractivity contribution in [3.8, 4) is 0 Å². The van der Waals surface area contributed by atoms with E-state index in [0.717, 1.165) is 53.9 Å². The Balaban J connectivity index is 0.00000218. The van der Waals surface area contributed by atoms with Crippen LogP contribution in [0.1, 0.15) is 43.0 Å². The first-order valence-corrected chi connectivity index (χ1v) is 10.6. The van der Waals surface area contributed by atoms with E-state index in [1.807, 2.05) is 24.3 Å². The molecule has 5 rings (SSSR count). The Labute approximate surface area is 182 Å². The van der Waals surface area contributed by atoms with Gasteiger partial charge in [-0.3, -0.25) is 4.79 Å². The van der Waals surface area contributed by atoms with Crippen molar-refractivity contribution in [3.05, 3.63) is 76.0 Å². The van der Waals surface area contributed by atoms with Gasteiger partial charge in [-0.15, -0.1) is 12.4 Å². The van der Waals surface area contributed by atoms with Crippen LogP contribution >= 0.6 is 12.4 Å². The molecule has 2 heterocycles. The Morgan fingerprint density at radius 3 is 2.27 bits per heavy atom. The zero-order valence-electron chi connectivity index (χ0n) is 17.0. The van der Waals surface area contributed by atoms with Crippen molar-refractivity contribution in [1.29, 1.82) is 0 Å². The normalized spacial score (nSPS) is 17.8. The van der Waals surface area contributed by atoms with Crippen LogP contribution in [-0.4, -0.2) is 34.3 Å². The molecule has 1 saturated carbocycles. The molecule has 1 saturated heterocycles. The maximum atomic E-state index is 13.3. The summed E-state index contributed by atoms with van der Waals surface area (Å²) >= 11 is 0. The largest absolute Gasteiger partial charge is 0.303 e. The van der Waals surface area contributed by atoms with Crippen molar-refractivity contribution in [2.45, 2.75) is 38.1 Å². The second-order valence-corrected chi connectivity index (χ2v) is 8.52. The lowest BCUT2D eigenvalue weighted by Crippen LogP contribution is -2.39. The van der Waals surface area contributed by atoms with E-state index in [1.54, 1.807) is 16.8 Å². The van der Waals surface area contributed by atoms with Crippen molar-refractivity contribution in [2.75, 3.05) is 19.6 Å². The highest BCUT2D eigenvalue weighted by atomic mass is 35.5. The number of aromatic nitrogens is 2. The fraction of sp³-hybridized carbons (Fsp3) is 0.417. The van der Waals surface area contributed by atoms with E-state index >= 15 is 0 Å². The number of halogens is 2. The van der Waals surface area contributed by atoms with Crippen LogP contribution in [0.25, 0.3) is 10.8 Å². The number of nitrogens with zero attached hydrogens (tertiary/aromatic N) is 3. The summed E-state index contributed by atoms with van der Waals surface area (Å²) in [6.07, 6.45) is 5.26. The summed E-state index contributed by atoms with van der Waals surface area (Å²) < 4.78 is 15.0. The molecule has 1 aromatic heterocycles. The predicted molar refractivity (Wildman–Crippen MR) is 120 cm³/mol. The lowest BCUT2D eigenvalue weighted by atomic mass is 10.0. The molecular weight excluding hydrogens is 401 g/mol. The van der Waals surface area contributed by atoms with Gasteiger partial charge >= 0.3 is 0 Å². The first-order chi connectivity index (χ1) is 14.2. The first-order valence-electron chi connectivity index (χ1n) is 10.6. The quantitative estimate of drug-likeness (QED) is 0.597. The molecule has 0 atom stereocenters. The Hall–Kier alpha value is -2.24. The predicted octanol–water partition coefficient (Wildman–Crippen LogP) is 4.60. The highest BCUT2D eigenvalue weighted by Gasteiger charge is 2.28. The maximum Gasteiger partial charge on any atom is 0.274 e. The van der Waals surface area contributed by atoms with E-state index in [2.05, 4.69) is 4.90 Å². The first kappa shape index (κ1) is 21.0. The molecule has 0 N–H and O–H groups in total. The van der Waals surface area contributed by atoms with E-state index in [4.69, 9.17) is 5.10 Å². The summed E-state index contributed by atoms with van der Waals surface area (Å²) in [5, 5.41) is 6.45. The molecule has 1 aliphatic carbocycles. The molecule has 2 aromatic carbocycles. The van der Waals surface area contributed by atoms with Crippen LogP contribution in [0.2, 0.25) is 0 Å². The van der Waals surface area contributed by atoms with E-state index in [0.29, 0.717) is 6.42 Å². The molecule has 0 spiro atoms. The summed E-state index contributed by atoms with van der Waals surface area (Å²) in [6.45, 7) is 3.29. The highest BCUT2D eigenvalue weighted by molar-refractivity contribution is 5.85. The van der Waals surface area contributed by atoms with E-state index in [-0.39, 0.29) is 29.8 Å². The van der Waals surface area contributed by atoms with Gasteiger partial charge in [0.15, 0.2) is 0 Å². The summed E-state index contributed by atoms with van der Waals surface area (Å²) in [5.41, 5.74) is 1.88. The van der Waals surface area contributed by atoms with E-state index < -0.39 is 0 Å². The molecule has 30 heavy (non-hydrogen) atoms. The standard InChI is InChI=1S/C24H26FN3O.ClH/c25-19-9-7-17(8-10-19)15-23-21-3-1-2-4-22(21)24(29)28(26-23)20-11-13-27(14-12-20)16-18-5-6-18;/h1-4,7-10,18,20H,5-6,11-16H2;1H. The number of hydrogen-bond acceptors (Lipinski definition) is 3. The summed E-state index contributed by atoms with van der Waals surface area (Å²) in [5.74, 6) is 0.657. The second-order valence-electron chi connectivity index (χ2n) is 8.52. The second kappa shape index (κ2) is 8.86. The maximum absolute atomic E-state index is 13.3. The number of fused-ring (bicyclic) bond motifs is 1. The Kier molecular flexibility index (Phi) is 6.21. The van der Waals surface area contributed by atoms with Gasteiger partial charge in [-0.1, -0.05) is 30.3 Å². The number of hydrogen-bond donors (Lipinski definition) is 0. The molecule has 0 unspecified atom stereocenters. The number of piperidine rings is 1. The molecule has 0 radical (unpaired) electrons. The van der Waals surface area contributed by atoms with Crippen LogP contribution in [0.4, 0.5) is 4.39 Å². The smallest absolute Gasteiger partial charge is 0.274 e. The minimum atomic E-state index is -0.241. The van der Waals surface area contributed by atoms with Crippen molar-refractivity contribution in [3.63, 3.8) is 0 Å². The summed E-state index contributed by atoms with van der Waals surface area (Å²) in [6, 6.07) is 14.4. The zero-order valence-corrected chi connectivity index (χ0v) is 17.8. The van der Waals surface area contributed by atoms with Crippen LogP contribution in [0.5, 0.6) is 0 Å². The Morgan fingerprint density at radius 1 is 0.933 bits per heavy atom. The topological polar surface area (TPSA) is 38.1 Å². The van der Waals surface area contributed by atoms with Gasteiger partial charge < -0.3 is 4.90 Å². The van der Waals surface area contributed by atoms with Crippen molar-refractivity contribution in [1.82, 2.24) is 14.7 Å². The third-order valence-electron chi connectivity index (χ3n) is 6.31. The van der Waals surface area contributed by atoms with Crippen LogP contribution in [0, 0.1) is 11.7 Å². The van der Waals surface area contributed by atoms with Gasteiger partial charge in [0.05, 0.1) is 17.1 Å². The number of likely N-dealkylation sites (tertiary alicyclic amines) is 1. The van der Waals surface area contributed by atoms with Crippen LogP contribution in [-0.2, 0) is 6.42 Å². The SMILES string of the molecule is Cl.O=c1c2ccccc2c(Cc2ccc(F)cc2)nn1C1CCN(CC2CC2)CC1. The van der Waals surface area contributed by atoms with Gasteiger partial charge in [0.25, 0.3) is 5.56 Å². The van der Waals surface area contributed by atoms with E-state index in [1.165, 1.54) is 31.5 Å². The van der Waals surface area contributed by atoms with Crippen molar-refractivity contribution < 1.29 is 4.39 Å². The average Bonchev–Trinajstić information content (AvgIpc) is 3.56. The van der Waals surface area contributed by atoms with Gasteiger partial charge in [-0.25, -0.2) is 9.07 Å².